The van der Waals surface area contributed by atoms with Gasteiger partial charge >= 0.3 is 0 Å². The van der Waals surface area contributed by atoms with E-state index in [-0.39, 0.29) is 23.4 Å². The molecule has 0 saturated heterocycles. The summed E-state index contributed by atoms with van der Waals surface area (Å²) >= 11 is 0. The summed E-state index contributed by atoms with van der Waals surface area (Å²) in [5.41, 5.74) is 4.61. The van der Waals surface area contributed by atoms with Crippen molar-refractivity contribution in [3.05, 3.63) is 76.6 Å². The van der Waals surface area contributed by atoms with E-state index in [4.69, 9.17) is 0 Å². The van der Waals surface area contributed by atoms with E-state index < -0.39 is 10.0 Å². The van der Waals surface area contributed by atoms with Crippen LogP contribution in [-0.4, -0.2) is 31.1 Å². The molecule has 1 aliphatic carbocycles. The number of aromatic nitrogens is 2. The number of fused-ring (bicyclic) bond motifs is 1. The number of H-pyrrole nitrogens is 1. The number of nitrogens with one attached hydrogen (secondary N) is 2. The van der Waals surface area contributed by atoms with Gasteiger partial charge in [0.15, 0.2) is 0 Å². The van der Waals surface area contributed by atoms with Crippen molar-refractivity contribution in [2.24, 2.45) is 0 Å². The summed E-state index contributed by atoms with van der Waals surface area (Å²) in [7, 11) is -4.00. The van der Waals surface area contributed by atoms with Crippen LogP contribution in [0.5, 0.6) is 0 Å². The topological polar surface area (TPSA) is 95.2 Å². The van der Waals surface area contributed by atoms with Crippen molar-refractivity contribution >= 4 is 21.6 Å². The summed E-state index contributed by atoms with van der Waals surface area (Å²) in [6.45, 7) is 4.93. The van der Waals surface area contributed by atoms with Gasteiger partial charge in [0, 0.05) is 0 Å². The molecule has 0 unspecified atom stereocenters. The number of carbonyl (C=O) groups is 1. The highest BCUT2D eigenvalue weighted by atomic mass is 32.2. The molecule has 1 atom stereocenters. The molecule has 3 aromatic rings. The summed E-state index contributed by atoms with van der Waals surface area (Å²) in [6.07, 6.45) is 2.81. The molecule has 0 fully saturated rings. The molecule has 1 aliphatic rings. The van der Waals surface area contributed by atoms with Crippen LogP contribution < -0.4 is 9.62 Å². The molecule has 0 aliphatic heterocycles. The number of rotatable bonds is 6. The first-order chi connectivity index (χ1) is 15.3. The maximum Gasteiger partial charge on any atom is 0.268 e. The second kappa shape index (κ2) is 8.78. The number of amides is 1. The Labute approximate surface area is 188 Å². The summed E-state index contributed by atoms with van der Waals surface area (Å²) < 4.78 is 28.4. The van der Waals surface area contributed by atoms with Crippen molar-refractivity contribution in [1.82, 2.24) is 15.5 Å². The van der Waals surface area contributed by atoms with Gasteiger partial charge in [0.25, 0.3) is 10.0 Å². The highest BCUT2D eigenvalue weighted by Crippen LogP contribution is 2.30. The molecule has 1 amide bonds. The number of anilines is 1. The summed E-state index contributed by atoms with van der Waals surface area (Å²) in [4.78, 5) is 13.2. The molecular formula is C24H28N4O3S. The molecule has 0 bridgehead atoms. The Hall–Kier alpha value is -3.13. The maximum atomic E-state index is 13.6. The highest BCUT2D eigenvalue weighted by molar-refractivity contribution is 7.93. The lowest BCUT2D eigenvalue weighted by molar-refractivity contribution is -0.120. The molecule has 4 rings (SSSR count). The van der Waals surface area contributed by atoms with Crippen molar-refractivity contribution in [2.75, 3.05) is 10.8 Å². The minimum Gasteiger partial charge on any atom is -0.348 e. The van der Waals surface area contributed by atoms with Crippen molar-refractivity contribution in [3.8, 4) is 0 Å². The van der Waals surface area contributed by atoms with E-state index in [9.17, 15) is 13.2 Å². The first-order valence-electron chi connectivity index (χ1n) is 10.8. The maximum absolute atomic E-state index is 13.6. The van der Waals surface area contributed by atoms with E-state index >= 15 is 0 Å². The van der Waals surface area contributed by atoms with Crippen molar-refractivity contribution in [2.45, 2.75) is 51.0 Å². The zero-order valence-corrected chi connectivity index (χ0v) is 19.4. The molecule has 8 heteroatoms. The lowest BCUT2D eigenvalue weighted by Gasteiger charge is -2.29. The predicted octanol–water partition coefficient (Wildman–Crippen LogP) is 3.72. The molecule has 0 spiro atoms. The van der Waals surface area contributed by atoms with Gasteiger partial charge in [-0.05, 0) is 63.3 Å². The summed E-state index contributed by atoms with van der Waals surface area (Å²) in [5, 5.41) is 9.84. The van der Waals surface area contributed by atoms with Crippen LogP contribution in [0, 0.1) is 20.8 Å². The number of carbonyl (C=O) groups excluding carboxylic acids is 1. The van der Waals surface area contributed by atoms with Crippen LogP contribution in [0.25, 0.3) is 0 Å². The third-order valence-electron chi connectivity index (χ3n) is 5.92. The second-order valence-corrected chi connectivity index (χ2v) is 10.1. The molecule has 1 aromatic heterocycles. The fourth-order valence-corrected chi connectivity index (χ4v) is 6.09. The zero-order chi connectivity index (χ0) is 22.9. The van der Waals surface area contributed by atoms with Crippen LogP contribution in [0.1, 0.15) is 47.0 Å². The van der Waals surface area contributed by atoms with Gasteiger partial charge in [-0.15, -0.1) is 0 Å². The average molecular weight is 453 g/mol. The van der Waals surface area contributed by atoms with Crippen molar-refractivity contribution in [1.29, 1.82) is 0 Å². The zero-order valence-electron chi connectivity index (χ0n) is 18.6. The predicted molar refractivity (Wildman–Crippen MR) is 124 cm³/mol. The van der Waals surface area contributed by atoms with Crippen LogP contribution in [0.3, 0.4) is 0 Å². The molecule has 0 radical (unpaired) electrons. The fraction of sp³-hybridized carbons (Fsp3) is 0.333. The van der Waals surface area contributed by atoms with Gasteiger partial charge in [-0.2, -0.15) is 5.10 Å². The smallest absolute Gasteiger partial charge is 0.268 e. The quantitative estimate of drug-likeness (QED) is 0.596. The van der Waals surface area contributed by atoms with Gasteiger partial charge < -0.3 is 5.32 Å². The van der Waals surface area contributed by atoms with Gasteiger partial charge in [0.1, 0.15) is 11.4 Å². The number of aromatic amines is 1. The number of hydrogen-bond donors (Lipinski definition) is 2. The van der Waals surface area contributed by atoms with Gasteiger partial charge in [-0.1, -0.05) is 42.0 Å². The monoisotopic (exact) mass is 452 g/mol. The summed E-state index contributed by atoms with van der Waals surface area (Å²) in [5.74, 6) is -0.338. The standard InChI is InChI=1S/C24H28N4O3S/c1-16-11-13-20(14-12-16)28(32(30,31)24-17(2)26-27-18(24)3)15-23(29)25-22-10-6-8-19-7-4-5-9-21(19)22/h4-5,7,9,11-14,22H,6,8,10,15H2,1-3H3,(H,25,29)(H,26,27)/t22-/m1/s1. The third-order valence-corrected chi connectivity index (χ3v) is 7.96. The van der Waals surface area contributed by atoms with E-state index in [1.54, 1.807) is 26.0 Å². The molecule has 2 aromatic carbocycles. The van der Waals surface area contributed by atoms with E-state index in [0.717, 1.165) is 30.4 Å². The van der Waals surface area contributed by atoms with E-state index in [1.807, 2.05) is 37.3 Å². The van der Waals surface area contributed by atoms with Crippen LogP contribution in [0.2, 0.25) is 0 Å². The third kappa shape index (κ3) is 4.27. The lowest BCUT2D eigenvalue weighted by Crippen LogP contribution is -2.42. The molecule has 0 saturated carbocycles. The minimum atomic E-state index is -4.00. The van der Waals surface area contributed by atoms with E-state index in [1.165, 1.54) is 9.87 Å². The fourth-order valence-electron chi connectivity index (χ4n) is 4.33. The Morgan fingerprint density at radius 2 is 1.84 bits per heavy atom. The molecule has 2 N–H and O–H groups in total. The largest absolute Gasteiger partial charge is 0.348 e. The van der Waals surface area contributed by atoms with Gasteiger partial charge in [-0.25, -0.2) is 8.42 Å². The molecule has 1 heterocycles. The van der Waals surface area contributed by atoms with Gasteiger partial charge in [0.05, 0.1) is 23.1 Å². The van der Waals surface area contributed by atoms with Crippen molar-refractivity contribution < 1.29 is 13.2 Å². The van der Waals surface area contributed by atoms with Gasteiger partial charge in [0.2, 0.25) is 5.91 Å². The molecular weight excluding hydrogens is 424 g/mol. The Bertz CT molecular complexity index is 1210. The average Bonchev–Trinajstić information content (AvgIpc) is 3.12. The second-order valence-electron chi connectivity index (χ2n) is 8.32. The number of nitrogens with zero attached hydrogens (tertiary/aromatic N) is 2. The summed E-state index contributed by atoms with van der Waals surface area (Å²) in [6, 6.07) is 15.1. The van der Waals surface area contributed by atoms with Gasteiger partial charge in [-0.3, -0.25) is 14.2 Å². The number of benzene rings is 2. The molecule has 7 nitrogen and oxygen atoms in total. The Kier molecular flexibility index (Phi) is 6.06. The SMILES string of the molecule is Cc1ccc(N(CC(=O)N[C@@H]2CCCc3ccccc32)S(=O)(=O)c2c(C)n[nH]c2C)cc1. The lowest BCUT2D eigenvalue weighted by atomic mass is 9.88. The van der Waals surface area contributed by atoms with Crippen LogP contribution in [0.4, 0.5) is 5.69 Å². The first-order valence-corrected chi connectivity index (χ1v) is 12.2. The highest BCUT2D eigenvalue weighted by Gasteiger charge is 2.32. The van der Waals surface area contributed by atoms with Crippen LogP contribution in [0.15, 0.2) is 53.4 Å². The first kappa shape index (κ1) is 22.1. The van der Waals surface area contributed by atoms with Crippen LogP contribution in [-0.2, 0) is 21.2 Å². The van der Waals surface area contributed by atoms with E-state index in [0.29, 0.717) is 17.1 Å². The number of hydrogen-bond acceptors (Lipinski definition) is 4. The van der Waals surface area contributed by atoms with Crippen molar-refractivity contribution in [3.63, 3.8) is 0 Å². The minimum absolute atomic E-state index is 0.105. The number of sulfonamides is 1. The number of aryl methyl sites for hydroxylation is 4. The Balaban J connectivity index is 1.64. The Morgan fingerprint density at radius 1 is 1.12 bits per heavy atom. The normalized spacial score (nSPS) is 15.8. The molecule has 32 heavy (non-hydrogen) atoms. The molecule has 168 valence electrons. The Morgan fingerprint density at radius 3 is 2.53 bits per heavy atom. The van der Waals surface area contributed by atoms with Crippen LogP contribution >= 0.6 is 0 Å². The van der Waals surface area contributed by atoms with E-state index in [2.05, 4.69) is 21.6 Å².